The molecule has 8 nitrogen and oxygen atoms in total. The van der Waals surface area contributed by atoms with Gasteiger partial charge in [0.1, 0.15) is 0 Å². The van der Waals surface area contributed by atoms with Crippen molar-refractivity contribution in [2.24, 2.45) is 5.92 Å². The van der Waals surface area contributed by atoms with Crippen molar-refractivity contribution in [3.8, 4) is 0 Å². The van der Waals surface area contributed by atoms with Gasteiger partial charge < -0.3 is 15.5 Å². The first-order valence-corrected chi connectivity index (χ1v) is 8.80. The lowest BCUT2D eigenvalue weighted by molar-refractivity contribution is -0.387. The molecule has 2 aromatic carbocycles. The van der Waals surface area contributed by atoms with Crippen LogP contribution in [-0.4, -0.2) is 34.9 Å². The Bertz CT molecular complexity index is 883. The third-order valence-corrected chi connectivity index (χ3v) is 4.59. The van der Waals surface area contributed by atoms with E-state index >= 15 is 0 Å². The highest BCUT2D eigenvalue weighted by atomic mass is 19.1. The average molecular weight is 386 g/mol. The molecule has 0 saturated carbocycles. The minimum atomic E-state index is -0.958. The van der Waals surface area contributed by atoms with Gasteiger partial charge in [-0.15, -0.1) is 0 Å². The lowest BCUT2D eigenvalue weighted by Crippen LogP contribution is -2.43. The van der Waals surface area contributed by atoms with Crippen LogP contribution in [0.15, 0.2) is 48.5 Å². The molecule has 1 saturated heterocycles. The van der Waals surface area contributed by atoms with Crippen LogP contribution in [0.5, 0.6) is 0 Å². The van der Waals surface area contributed by atoms with Crippen LogP contribution in [0.4, 0.5) is 26.2 Å². The van der Waals surface area contributed by atoms with Crippen LogP contribution in [0.2, 0.25) is 0 Å². The molecule has 0 aromatic heterocycles. The smallest absolute Gasteiger partial charge is 0.321 e. The monoisotopic (exact) mass is 386 g/mol. The van der Waals surface area contributed by atoms with Gasteiger partial charge in [-0.3, -0.25) is 14.9 Å². The number of nitro groups is 1. The molecule has 3 amide bonds. The number of rotatable bonds is 4. The summed E-state index contributed by atoms with van der Waals surface area (Å²) in [6, 6.07) is 12.1. The number of carbonyl (C=O) groups excluding carboxylic acids is 2. The van der Waals surface area contributed by atoms with E-state index in [4.69, 9.17) is 0 Å². The Labute approximate surface area is 160 Å². The van der Waals surface area contributed by atoms with E-state index in [2.05, 4.69) is 10.6 Å². The van der Waals surface area contributed by atoms with Crippen molar-refractivity contribution in [1.29, 1.82) is 0 Å². The number of para-hydroxylation sites is 1. The van der Waals surface area contributed by atoms with Crippen LogP contribution in [0.1, 0.15) is 12.8 Å². The molecular weight excluding hydrogens is 367 g/mol. The van der Waals surface area contributed by atoms with Crippen LogP contribution < -0.4 is 10.6 Å². The van der Waals surface area contributed by atoms with Gasteiger partial charge in [0.15, 0.2) is 0 Å². The zero-order valence-electron chi connectivity index (χ0n) is 14.9. The first kappa shape index (κ1) is 19.3. The summed E-state index contributed by atoms with van der Waals surface area (Å²) in [6.45, 7) is 0.834. The van der Waals surface area contributed by atoms with E-state index in [0.29, 0.717) is 31.6 Å². The Hall–Kier alpha value is -3.49. The number of amides is 3. The van der Waals surface area contributed by atoms with Gasteiger partial charge in [-0.05, 0) is 37.1 Å². The molecule has 0 aliphatic carbocycles. The Kier molecular flexibility index (Phi) is 5.83. The maximum atomic E-state index is 13.4. The van der Waals surface area contributed by atoms with Gasteiger partial charge in [0.25, 0.3) is 0 Å². The molecule has 0 bridgehead atoms. The normalized spacial score (nSPS) is 14.4. The number of nitro benzene ring substituents is 1. The predicted molar refractivity (Wildman–Crippen MR) is 101 cm³/mol. The third kappa shape index (κ3) is 4.61. The molecule has 0 atom stereocenters. The number of nitrogens with zero attached hydrogens (tertiary/aromatic N) is 2. The summed E-state index contributed by atoms with van der Waals surface area (Å²) in [6.07, 6.45) is 0.939. The Balaban J connectivity index is 1.53. The second-order valence-electron chi connectivity index (χ2n) is 6.47. The van der Waals surface area contributed by atoms with Crippen molar-refractivity contribution >= 4 is 29.0 Å². The largest absolute Gasteiger partial charge is 0.326 e. The molecule has 2 N–H and O–H groups in total. The van der Waals surface area contributed by atoms with Gasteiger partial charge in [-0.2, -0.15) is 4.39 Å². The number of nitrogens with one attached hydrogen (secondary N) is 2. The lowest BCUT2D eigenvalue weighted by atomic mass is 9.96. The van der Waals surface area contributed by atoms with E-state index in [1.54, 1.807) is 17.0 Å². The van der Waals surface area contributed by atoms with Crippen LogP contribution in [0, 0.1) is 21.8 Å². The summed E-state index contributed by atoms with van der Waals surface area (Å²) < 4.78 is 13.4. The second kappa shape index (κ2) is 8.47. The Morgan fingerprint density at radius 2 is 1.71 bits per heavy atom. The van der Waals surface area contributed by atoms with Crippen LogP contribution in [0.25, 0.3) is 0 Å². The standard InChI is InChI=1S/C19H19FN4O4/c20-16-7-6-15(12-17(16)24(27)28)21-18(25)13-8-10-23(11-9-13)19(26)22-14-4-2-1-3-5-14/h1-7,12-13H,8-11H2,(H,21,25)(H,22,26). The predicted octanol–water partition coefficient (Wildman–Crippen LogP) is 3.62. The second-order valence-corrected chi connectivity index (χ2v) is 6.47. The zero-order valence-corrected chi connectivity index (χ0v) is 14.9. The van der Waals surface area contributed by atoms with E-state index in [0.717, 1.165) is 12.1 Å². The number of hydrogen-bond donors (Lipinski definition) is 2. The van der Waals surface area contributed by atoms with Crippen LogP contribution in [0.3, 0.4) is 0 Å². The van der Waals surface area contributed by atoms with Crippen LogP contribution >= 0.6 is 0 Å². The summed E-state index contributed by atoms with van der Waals surface area (Å²) in [7, 11) is 0. The van der Waals surface area contributed by atoms with E-state index in [9.17, 15) is 24.1 Å². The summed E-state index contributed by atoms with van der Waals surface area (Å²) in [5.74, 6) is -1.59. The fourth-order valence-corrected chi connectivity index (χ4v) is 3.04. The maximum Gasteiger partial charge on any atom is 0.321 e. The number of piperidine rings is 1. The molecule has 28 heavy (non-hydrogen) atoms. The van der Waals surface area contributed by atoms with E-state index in [-0.39, 0.29) is 23.5 Å². The summed E-state index contributed by atoms with van der Waals surface area (Å²) in [5.41, 5.74) is 0.179. The van der Waals surface area contributed by atoms with Crippen molar-refractivity contribution < 1.29 is 18.9 Å². The summed E-state index contributed by atoms with van der Waals surface area (Å²) in [4.78, 5) is 36.3. The Morgan fingerprint density at radius 3 is 2.36 bits per heavy atom. The molecule has 1 heterocycles. The minimum Gasteiger partial charge on any atom is -0.326 e. The molecular formula is C19H19FN4O4. The number of halogens is 1. The number of likely N-dealkylation sites (tertiary alicyclic amines) is 1. The quantitative estimate of drug-likeness (QED) is 0.618. The van der Waals surface area contributed by atoms with Gasteiger partial charge in [-0.1, -0.05) is 18.2 Å². The van der Waals surface area contributed by atoms with Crippen molar-refractivity contribution in [2.75, 3.05) is 23.7 Å². The van der Waals surface area contributed by atoms with Gasteiger partial charge in [-0.25, -0.2) is 4.79 Å². The molecule has 9 heteroatoms. The lowest BCUT2D eigenvalue weighted by Gasteiger charge is -2.31. The van der Waals surface area contributed by atoms with E-state index in [1.165, 1.54) is 6.07 Å². The first-order chi connectivity index (χ1) is 13.4. The fraction of sp³-hybridized carbons (Fsp3) is 0.263. The van der Waals surface area contributed by atoms with E-state index in [1.807, 2.05) is 18.2 Å². The topological polar surface area (TPSA) is 105 Å². The van der Waals surface area contributed by atoms with E-state index < -0.39 is 16.4 Å². The zero-order chi connectivity index (χ0) is 20.1. The first-order valence-electron chi connectivity index (χ1n) is 8.80. The fourth-order valence-electron chi connectivity index (χ4n) is 3.04. The minimum absolute atomic E-state index is 0.169. The summed E-state index contributed by atoms with van der Waals surface area (Å²) in [5, 5.41) is 16.2. The number of hydrogen-bond acceptors (Lipinski definition) is 4. The number of anilines is 2. The van der Waals surface area contributed by atoms with Gasteiger partial charge in [0, 0.05) is 36.4 Å². The highest BCUT2D eigenvalue weighted by molar-refractivity contribution is 5.93. The molecule has 3 rings (SSSR count). The number of benzene rings is 2. The van der Waals surface area contributed by atoms with Crippen LogP contribution in [-0.2, 0) is 4.79 Å². The number of carbonyl (C=O) groups is 2. The molecule has 0 spiro atoms. The molecule has 0 unspecified atom stereocenters. The molecule has 0 radical (unpaired) electrons. The van der Waals surface area contributed by atoms with Crippen molar-refractivity contribution in [3.05, 3.63) is 64.5 Å². The highest BCUT2D eigenvalue weighted by Gasteiger charge is 2.28. The van der Waals surface area contributed by atoms with Gasteiger partial charge >= 0.3 is 11.7 Å². The van der Waals surface area contributed by atoms with Crippen molar-refractivity contribution in [2.45, 2.75) is 12.8 Å². The van der Waals surface area contributed by atoms with Gasteiger partial charge in [0.2, 0.25) is 11.7 Å². The third-order valence-electron chi connectivity index (χ3n) is 4.59. The van der Waals surface area contributed by atoms with Gasteiger partial charge in [0.05, 0.1) is 4.92 Å². The summed E-state index contributed by atoms with van der Waals surface area (Å²) >= 11 is 0. The SMILES string of the molecule is O=C(Nc1ccc(F)c([N+](=O)[O-])c1)C1CCN(C(=O)Nc2ccccc2)CC1. The number of urea groups is 1. The maximum absolute atomic E-state index is 13.4. The average Bonchev–Trinajstić information content (AvgIpc) is 2.70. The highest BCUT2D eigenvalue weighted by Crippen LogP contribution is 2.24. The Morgan fingerprint density at radius 1 is 1.04 bits per heavy atom. The molecule has 2 aromatic rings. The molecule has 1 fully saturated rings. The molecule has 146 valence electrons. The van der Waals surface area contributed by atoms with Crippen molar-refractivity contribution in [1.82, 2.24) is 4.90 Å². The molecule has 1 aliphatic rings. The van der Waals surface area contributed by atoms with Crippen molar-refractivity contribution in [3.63, 3.8) is 0 Å². The molecule has 1 aliphatic heterocycles.